The molecule has 0 spiro atoms. The molecule has 6 heteroatoms. The molecular formula is C13H24N4O2. The van der Waals surface area contributed by atoms with Gasteiger partial charge in [-0.05, 0) is 19.8 Å². The number of ether oxygens (including phenoxy) is 1. The molecule has 1 unspecified atom stereocenters. The number of methoxy groups -OCH3 is 1. The van der Waals surface area contributed by atoms with Gasteiger partial charge in [0.2, 0.25) is 5.91 Å². The molecule has 1 amide bonds. The predicted molar refractivity (Wildman–Crippen MR) is 75.2 cm³/mol. The summed E-state index contributed by atoms with van der Waals surface area (Å²) >= 11 is 0. The molecule has 0 saturated heterocycles. The van der Waals surface area contributed by atoms with Gasteiger partial charge in [0.15, 0.2) is 0 Å². The van der Waals surface area contributed by atoms with Crippen LogP contribution in [0.25, 0.3) is 0 Å². The zero-order chi connectivity index (χ0) is 14.3. The van der Waals surface area contributed by atoms with Crippen LogP contribution in [0.15, 0.2) is 6.20 Å². The summed E-state index contributed by atoms with van der Waals surface area (Å²) in [7, 11) is 3.53. The van der Waals surface area contributed by atoms with Crippen LogP contribution in [0.5, 0.6) is 0 Å². The summed E-state index contributed by atoms with van der Waals surface area (Å²) < 4.78 is 6.69. The molecule has 1 aromatic heterocycles. The van der Waals surface area contributed by atoms with E-state index in [1.807, 2.05) is 27.1 Å². The fraction of sp³-hybridized carbons (Fsp3) is 0.692. The second kappa shape index (κ2) is 7.78. The van der Waals surface area contributed by atoms with Crippen molar-refractivity contribution in [3.05, 3.63) is 11.9 Å². The molecule has 19 heavy (non-hydrogen) atoms. The van der Waals surface area contributed by atoms with Crippen LogP contribution in [0.3, 0.4) is 0 Å². The minimum atomic E-state index is -0.281. The standard InChI is InChI=1S/C13H24N4O2/c1-5-11-12(9-17(3)16-11)15-10(2)13(18)14-7-6-8-19-4/h9-10,15H,5-8H2,1-4H3,(H,14,18). The van der Waals surface area contributed by atoms with E-state index in [2.05, 4.69) is 15.7 Å². The Labute approximate surface area is 114 Å². The minimum absolute atomic E-state index is 0.0120. The summed E-state index contributed by atoms with van der Waals surface area (Å²) in [5, 5.41) is 10.4. The van der Waals surface area contributed by atoms with Gasteiger partial charge in [-0.25, -0.2) is 0 Å². The molecule has 0 aliphatic carbocycles. The Morgan fingerprint density at radius 3 is 2.95 bits per heavy atom. The van der Waals surface area contributed by atoms with E-state index in [0.29, 0.717) is 13.2 Å². The summed E-state index contributed by atoms with van der Waals surface area (Å²) in [5.74, 6) is -0.0120. The Morgan fingerprint density at radius 2 is 2.32 bits per heavy atom. The van der Waals surface area contributed by atoms with Crippen LogP contribution >= 0.6 is 0 Å². The van der Waals surface area contributed by atoms with Crippen LogP contribution in [0.1, 0.15) is 26.0 Å². The van der Waals surface area contributed by atoms with Gasteiger partial charge in [0.25, 0.3) is 0 Å². The number of carbonyl (C=O) groups excluding carboxylic acids is 1. The van der Waals surface area contributed by atoms with Crippen molar-refractivity contribution in [2.75, 3.05) is 25.6 Å². The monoisotopic (exact) mass is 268 g/mol. The number of hydrogen-bond acceptors (Lipinski definition) is 4. The summed E-state index contributed by atoms with van der Waals surface area (Å²) in [4.78, 5) is 11.9. The first kappa shape index (κ1) is 15.5. The Balaban J connectivity index is 2.44. The van der Waals surface area contributed by atoms with Crippen molar-refractivity contribution in [3.8, 4) is 0 Å². The van der Waals surface area contributed by atoms with Crippen molar-refractivity contribution in [1.82, 2.24) is 15.1 Å². The molecule has 2 N–H and O–H groups in total. The van der Waals surface area contributed by atoms with E-state index in [4.69, 9.17) is 4.74 Å². The number of nitrogens with one attached hydrogen (secondary N) is 2. The van der Waals surface area contributed by atoms with E-state index in [1.165, 1.54) is 0 Å². The molecule has 1 atom stereocenters. The molecule has 0 fully saturated rings. The van der Waals surface area contributed by atoms with Crippen LogP contribution in [0.4, 0.5) is 5.69 Å². The fourth-order valence-electron chi connectivity index (χ4n) is 1.80. The van der Waals surface area contributed by atoms with Gasteiger partial charge < -0.3 is 15.4 Å². The number of nitrogens with zero attached hydrogens (tertiary/aromatic N) is 2. The summed E-state index contributed by atoms with van der Waals surface area (Å²) in [6.45, 7) is 5.18. The molecule has 6 nitrogen and oxygen atoms in total. The number of amides is 1. The molecular weight excluding hydrogens is 244 g/mol. The first-order valence-corrected chi connectivity index (χ1v) is 6.64. The molecule has 0 saturated carbocycles. The Kier molecular flexibility index (Phi) is 6.35. The maximum absolute atomic E-state index is 11.9. The molecule has 1 rings (SSSR count). The van der Waals surface area contributed by atoms with Crippen LogP contribution in [0.2, 0.25) is 0 Å². The molecule has 0 bridgehead atoms. The minimum Gasteiger partial charge on any atom is -0.385 e. The lowest BCUT2D eigenvalue weighted by atomic mass is 10.2. The molecule has 108 valence electrons. The maximum Gasteiger partial charge on any atom is 0.242 e. The number of aromatic nitrogens is 2. The van der Waals surface area contributed by atoms with Gasteiger partial charge in [0, 0.05) is 33.5 Å². The number of anilines is 1. The first-order valence-electron chi connectivity index (χ1n) is 6.64. The summed E-state index contributed by atoms with van der Waals surface area (Å²) in [6.07, 6.45) is 3.56. The van der Waals surface area contributed by atoms with Crippen molar-refractivity contribution in [2.24, 2.45) is 7.05 Å². The van der Waals surface area contributed by atoms with Gasteiger partial charge in [-0.2, -0.15) is 5.10 Å². The van der Waals surface area contributed by atoms with Crippen molar-refractivity contribution < 1.29 is 9.53 Å². The molecule has 0 radical (unpaired) electrons. The lowest BCUT2D eigenvalue weighted by molar-refractivity contribution is -0.121. The number of aryl methyl sites for hydroxylation is 2. The van der Waals surface area contributed by atoms with Gasteiger partial charge in [-0.1, -0.05) is 6.92 Å². The second-order valence-electron chi connectivity index (χ2n) is 4.52. The molecule has 1 heterocycles. The van der Waals surface area contributed by atoms with Crippen LogP contribution in [-0.2, 0) is 23.0 Å². The topological polar surface area (TPSA) is 68.2 Å². The van der Waals surface area contributed by atoms with Crippen molar-refractivity contribution in [1.29, 1.82) is 0 Å². The highest BCUT2D eigenvalue weighted by atomic mass is 16.5. The zero-order valence-electron chi connectivity index (χ0n) is 12.2. The third kappa shape index (κ3) is 4.90. The Morgan fingerprint density at radius 1 is 1.58 bits per heavy atom. The Bertz CT molecular complexity index is 403. The number of rotatable bonds is 8. The van der Waals surface area contributed by atoms with Crippen LogP contribution < -0.4 is 10.6 Å². The quantitative estimate of drug-likeness (QED) is 0.688. The molecule has 0 aliphatic heterocycles. The molecule has 0 aliphatic rings. The van der Waals surface area contributed by atoms with Crippen molar-refractivity contribution in [3.63, 3.8) is 0 Å². The lowest BCUT2D eigenvalue weighted by Crippen LogP contribution is -2.38. The van der Waals surface area contributed by atoms with E-state index in [-0.39, 0.29) is 11.9 Å². The fourth-order valence-corrected chi connectivity index (χ4v) is 1.80. The lowest BCUT2D eigenvalue weighted by Gasteiger charge is -2.14. The highest BCUT2D eigenvalue weighted by Gasteiger charge is 2.14. The van der Waals surface area contributed by atoms with E-state index < -0.39 is 0 Å². The van der Waals surface area contributed by atoms with Crippen molar-refractivity contribution in [2.45, 2.75) is 32.7 Å². The van der Waals surface area contributed by atoms with E-state index >= 15 is 0 Å². The van der Waals surface area contributed by atoms with Crippen LogP contribution in [-0.4, -0.2) is 42.0 Å². The van der Waals surface area contributed by atoms with Crippen LogP contribution in [0, 0.1) is 0 Å². The zero-order valence-corrected chi connectivity index (χ0v) is 12.2. The first-order chi connectivity index (χ1) is 9.08. The number of carbonyl (C=O) groups is 1. The highest BCUT2D eigenvalue weighted by molar-refractivity contribution is 5.84. The highest BCUT2D eigenvalue weighted by Crippen LogP contribution is 2.14. The maximum atomic E-state index is 11.9. The normalized spacial score (nSPS) is 12.2. The SMILES string of the molecule is CCc1nn(C)cc1NC(C)C(=O)NCCCOC. The van der Waals surface area contributed by atoms with Gasteiger partial charge in [-0.15, -0.1) is 0 Å². The van der Waals surface area contributed by atoms with Gasteiger partial charge in [0.05, 0.1) is 11.4 Å². The largest absolute Gasteiger partial charge is 0.385 e. The third-order valence-electron chi connectivity index (χ3n) is 2.83. The average molecular weight is 268 g/mol. The summed E-state index contributed by atoms with van der Waals surface area (Å²) in [6, 6.07) is -0.281. The third-order valence-corrected chi connectivity index (χ3v) is 2.83. The average Bonchev–Trinajstić information content (AvgIpc) is 2.74. The van der Waals surface area contributed by atoms with Gasteiger partial charge >= 0.3 is 0 Å². The van der Waals surface area contributed by atoms with Gasteiger partial charge in [0.1, 0.15) is 6.04 Å². The second-order valence-corrected chi connectivity index (χ2v) is 4.52. The predicted octanol–water partition coefficient (Wildman–Crippen LogP) is 0.936. The Hall–Kier alpha value is -1.56. The van der Waals surface area contributed by atoms with E-state index in [0.717, 1.165) is 24.2 Å². The molecule has 0 aromatic carbocycles. The summed E-state index contributed by atoms with van der Waals surface area (Å²) in [5.41, 5.74) is 1.89. The smallest absolute Gasteiger partial charge is 0.242 e. The number of hydrogen-bond donors (Lipinski definition) is 2. The molecule has 1 aromatic rings. The van der Waals surface area contributed by atoms with E-state index in [1.54, 1.807) is 11.8 Å². The van der Waals surface area contributed by atoms with E-state index in [9.17, 15) is 4.79 Å². The van der Waals surface area contributed by atoms with Gasteiger partial charge in [-0.3, -0.25) is 9.48 Å². The van der Waals surface area contributed by atoms with Crippen molar-refractivity contribution >= 4 is 11.6 Å².